The van der Waals surface area contributed by atoms with Gasteiger partial charge in [-0.15, -0.1) is 10.2 Å². The molecule has 2 aromatic carbocycles. The number of nitriles is 1. The average Bonchev–Trinajstić information content (AvgIpc) is 3.29. The number of carbonyl (C=O) groups is 1. The number of amides is 1. The van der Waals surface area contributed by atoms with E-state index in [1.54, 1.807) is 31.6 Å². The van der Waals surface area contributed by atoms with Crippen LogP contribution >= 0.6 is 11.8 Å². The molecule has 0 fully saturated rings. The fraction of sp³-hybridized carbons (Fsp3) is 0.125. The average molecular weight is 457 g/mol. The predicted molar refractivity (Wildman–Crippen MR) is 126 cm³/mol. The van der Waals surface area contributed by atoms with E-state index in [2.05, 4.69) is 26.6 Å². The van der Waals surface area contributed by atoms with Crippen LogP contribution in [0, 0.1) is 11.3 Å². The zero-order valence-corrected chi connectivity index (χ0v) is 18.6. The third kappa shape index (κ3) is 5.37. The van der Waals surface area contributed by atoms with E-state index in [4.69, 9.17) is 10.00 Å². The molecular weight excluding hydrogens is 436 g/mol. The van der Waals surface area contributed by atoms with Crippen LogP contribution in [0.3, 0.4) is 0 Å². The molecule has 0 saturated heterocycles. The number of pyridine rings is 1. The zero-order valence-electron chi connectivity index (χ0n) is 17.8. The lowest BCUT2D eigenvalue weighted by Crippen LogP contribution is -2.14. The molecule has 2 heterocycles. The van der Waals surface area contributed by atoms with E-state index in [1.807, 2.05) is 53.1 Å². The first-order chi connectivity index (χ1) is 16.2. The Morgan fingerprint density at radius 3 is 2.45 bits per heavy atom. The van der Waals surface area contributed by atoms with Crippen molar-refractivity contribution in [1.29, 1.82) is 5.26 Å². The Morgan fingerprint density at radius 1 is 1.06 bits per heavy atom. The molecule has 2 aromatic heterocycles. The lowest BCUT2D eigenvalue weighted by atomic mass is 10.1. The van der Waals surface area contributed by atoms with E-state index < -0.39 is 0 Å². The van der Waals surface area contributed by atoms with Crippen molar-refractivity contribution >= 4 is 23.4 Å². The number of nitrogens with zero attached hydrogens (tertiary/aromatic N) is 5. The summed E-state index contributed by atoms with van der Waals surface area (Å²) in [4.78, 5) is 16.6. The number of aromatic nitrogens is 4. The summed E-state index contributed by atoms with van der Waals surface area (Å²) >= 11 is 1.29. The van der Waals surface area contributed by atoms with E-state index in [1.165, 1.54) is 11.8 Å². The molecule has 164 valence electrons. The maximum atomic E-state index is 12.5. The molecule has 9 heteroatoms. The monoisotopic (exact) mass is 456 g/mol. The quantitative estimate of drug-likeness (QED) is 0.397. The normalized spacial score (nSPS) is 10.4. The number of hydrogen-bond donors (Lipinski definition) is 1. The molecule has 1 N–H and O–H groups in total. The first-order valence-corrected chi connectivity index (χ1v) is 11.1. The van der Waals surface area contributed by atoms with Crippen LogP contribution in [0.25, 0.3) is 17.1 Å². The van der Waals surface area contributed by atoms with Crippen LogP contribution in [-0.2, 0) is 11.2 Å². The van der Waals surface area contributed by atoms with Gasteiger partial charge in [0, 0.05) is 29.3 Å². The van der Waals surface area contributed by atoms with Crippen LogP contribution in [0.15, 0.2) is 78.2 Å². The smallest absolute Gasteiger partial charge is 0.234 e. The topological polar surface area (TPSA) is 106 Å². The molecule has 0 unspecified atom stereocenters. The van der Waals surface area contributed by atoms with Crippen LogP contribution in [-0.4, -0.2) is 38.5 Å². The summed E-state index contributed by atoms with van der Waals surface area (Å²) in [6.07, 6.45) is 3.74. The highest BCUT2D eigenvalue weighted by Gasteiger charge is 2.17. The third-order valence-electron chi connectivity index (χ3n) is 4.76. The highest BCUT2D eigenvalue weighted by atomic mass is 32.2. The number of rotatable bonds is 8. The molecule has 0 aliphatic rings. The van der Waals surface area contributed by atoms with Gasteiger partial charge in [0.2, 0.25) is 5.91 Å². The van der Waals surface area contributed by atoms with Gasteiger partial charge in [0.05, 0.1) is 25.4 Å². The molecule has 0 saturated carbocycles. The van der Waals surface area contributed by atoms with Crippen molar-refractivity contribution in [1.82, 2.24) is 19.7 Å². The summed E-state index contributed by atoms with van der Waals surface area (Å²) in [5.74, 6) is 1.39. The zero-order chi connectivity index (χ0) is 23.0. The minimum atomic E-state index is -0.164. The second-order valence-electron chi connectivity index (χ2n) is 6.94. The summed E-state index contributed by atoms with van der Waals surface area (Å²) in [6.45, 7) is 0. The minimum Gasteiger partial charge on any atom is -0.497 e. The molecule has 0 spiro atoms. The van der Waals surface area contributed by atoms with E-state index in [0.717, 1.165) is 22.6 Å². The Kier molecular flexibility index (Phi) is 6.97. The summed E-state index contributed by atoms with van der Waals surface area (Å²) in [6, 6.07) is 20.6. The summed E-state index contributed by atoms with van der Waals surface area (Å²) in [5.41, 5.74) is 3.29. The fourth-order valence-electron chi connectivity index (χ4n) is 3.14. The molecule has 8 nitrogen and oxygen atoms in total. The second kappa shape index (κ2) is 10.4. The van der Waals surface area contributed by atoms with Crippen molar-refractivity contribution in [3.63, 3.8) is 0 Å². The van der Waals surface area contributed by atoms with E-state index in [-0.39, 0.29) is 11.7 Å². The fourth-order valence-corrected chi connectivity index (χ4v) is 3.89. The number of methoxy groups -OCH3 is 1. The van der Waals surface area contributed by atoms with Gasteiger partial charge in [0.15, 0.2) is 11.0 Å². The second-order valence-corrected chi connectivity index (χ2v) is 7.89. The molecule has 0 bridgehead atoms. The van der Waals surface area contributed by atoms with Crippen molar-refractivity contribution < 1.29 is 9.53 Å². The van der Waals surface area contributed by atoms with Gasteiger partial charge in [-0.3, -0.25) is 14.3 Å². The van der Waals surface area contributed by atoms with Crippen molar-refractivity contribution in [3.8, 4) is 28.9 Å². The molecule has 0 aliphatic heterocycles. The minimum absolute atomic E-state index is 0.157. The lowest BCUT2D eigenvalue weighted by molar-refractivity contribution is -0.113. The van der Waals surface area contributed by atoms with Gasteiger partial charge in [-0.05, 0) is 54.1 Å². The Labute approximate surface area is 195 Å². The molecule has 4 aromatic rings. The Morgan fingerprint density at radius 2 is 1.79 bits per heavy atom. The number of carbonyl (C=O) groups excluding carboxylic acids is 1. The molecule has 4 rings (SSSR count). The predicted octanol–water partition coefficient (Wildman–Crippen LogP) is 4.13. The van der Waals surface area contributed by atoms with Crippen LogP contribution in [0.5, 0.6) is 5.75 Å². The first-order valence-electron chi connectivity index (χ1n) is 10.1. The van der Waals surface area contributed by atoms with Gasteiger partial charge >= 0.3 is 0 Å². The van der Waals surface area contributed by atoms with Crippen molar-refractivity contribution in [2.45, 2.75) is 11.6 Å². The first kappa shape index (κ1) is 22.0. The van der Waals surface area contributed by atoms with Crippen LogP contribution < -0.4 is 10.1 Å². The molecular formula is C24H20N6O2S. The third-order valence-corrected chi connectivity index (χ3v) is 5.68. The van der Waals surface area contributed by atoms with Crippen LogP contribution in [0.1, 0.15) is 5.56 Å². The van der Waals surface area contributed by atoms with E-state index in [9.17, 15) is 4.79 Å². The summed E-state index contributed by atoms with van der Waals surface area (Å²) in [5, 5.41) is 20.9. The summed E-state index contributed by atoms with van der Waals surface area (Å²) in [7, 11) is 1.62. The largest absolute Gasteiger partial charge is 0.497 e. The Bertz CT molecular complexity index is 1270. The number of benzene rings is 2. The van der Waals surface area contributed by atoms with Gasteiger partial charge < -0.3 is 10.1 Å². The maximum absolute atomic E-state index is 12.5. The maximum Gasteiger partial charge on any atom is 0.234 e. The van der Waals surface area contributed by atoms with Gasteiger partial charge in [0.1, 0.15) is 5.75 Å². The van der Waals surface area contributed by atoms with Crippen LogP contribution in [0.4, 0.5) is 5.69 Å². The SMILES string of the molecule is COc1ccc(-n2c(SCC(=O)Nc3ccc(CC#N)cc3)nnc2-c2ccncc2)cc1. The number of nitrogens with one attached hydrogen (secondary N) is 1. The molecule has 1 amide bonds. The number of ether oxygens (including phenoxy) is 1. The highest BCUT2D eigenvalue weighted by molar-refractivity contribution is 7.99. The van der Waals surface area contributed by atoms with Gasteiger partial charge in [0.25, 0.3) is 0 Å². The molecule has 0 aliphatic carbocycles. The van der Waals surface area contributed by atoms with E-state index in [0.29, 0.717) is 23.1 Å². The highest BCUT2D eigenvalue weighted by Crippen LogP contribution is 2.28. The standard InChI is InChI=1S/C24H20N6O2S/c1-32-21-8-6-20(7-9-21)30-23(18-11-14-26-15-12-18)28-29-24(30)33-16-22(31)27-19-4-2-17(3-5-19)10-13-25/h2-9,11-12,14-15H,10,16H2,1H3,(H,27,31). The molecule has 0 radical (unpaired) electrons. The molecule has 0 atom stereocenters. The van der Waals surface area contributed by atoms with Crippen molar-refractivity contribution in [2.24, 2.45) is 0 Å². The Balaban J connectivity index is 1.54. The Hall–Kier alpha value is -4.16. The van der Waals surface area contributed by atoms with Crippen molar-refractivity contribution in [3.05, 3.63) is 78.6 Å². The molecule has 33 heavy (non-hydrogen) atoms. The van der Waals surface area contributed by atoms with Gasteiger partial charge in [-0.25, -0.2) is 0 Å². The number of thioether (sulfide) groups is 1. The van der Waals surface area contributed by atoms with Crippen molar-refractivity contribution in [2.75, 3.05) is 18.2 Å². The van der Waals surface area contributed by atoms with Gasteiger partial charge in [-0.1, -0.05) is 23.9 Å². The van der Waals surface area contributed by atoms with Crippen LogP contribution in [0.2, 0.25) is 0 Å². The number of anilines is 1. The number of hydrogen-bond acceptors (Lipinski definition) is 7. The lowest BCUT2D eigenvalue weighted by Gasteiger charge is -2.11. The summed E-state index contributed by atoms with van der Waals surface area (Å²) < 4.78 is 7.17. The van der Waals surface area contributed by atoms with Gasteiger partial charge in [-0.2, -0.15) is 5.26 Å². The van der Waals surface area contributed by atoms with E-state index >= 15 is 0 Å².